The van der Waals surface area contributed by atoms with Crippen molar-refractivity contribution in [2.75, 3.05) is 0 Å². The molecule has 2 bridgehead atoms. The van der Waals surface area contributed by atoms with Crippen LogP contribution in [0.25, 0.3) is 0 Å². The van der Waals surface area contributed by atoms with Crippen molar-refractivity contribution in [1.29, 1.82) is 0 Å². The largest absolute Gasteiger partial charge is 0.507 e. The molecule has 0 amide bonds. The number of hydrogen-bond acceptors (Lipinski definition) is 4. The number of carbonyl (C=O) groups is 2. The van der Waals surface area contributed by atoms with E-state index in [1.807, 2.05) is 48.5 Å². The number of ketones is 2. The minimum atomic E-state index is -0.465. The van der Waals surface area contributed by atoms with Crippen molar-refractivity contribution in [1.82, 2.24) is 0 Å². The van der Waals surface area contributed by atoms with Gasteiger partial charge in [0, 0.05) is 23.0 Å². The van der Waals surface area contributed by atoms with E-state index in [0.29, 0.717) is 11.1 Å². The van der Waals surface area contributed by atoms with E-state index in [9.17, 15) is 19.8 Å². The topological polar surface area (TPSA) is 74.6 Å². The molecule has 0 saturated carbocycles. The smallest absolute Gasteiger partial charge is 0.190 e. The number of benzene rings is 3. The van der Waals surface area contributed by atoms with Crippen molar-refractivity contribution in [3.8, 4) is 11.5 Å². The molecule has 0 fully saturated rings. The van der Waals surface area contributed by atoms with Gasteiger partial charge in [-0.25, -0.2) is 0 Å². The summed E-state index contributed by atoms with van der Waals surface area (Å²) >= 11 is 0. The first kappa shape index (κ1) is 15.4. The van der Waals surface area contributed by atoms with Gasteiger partial charge in [-0.1, -0.05) is 48.5 Å². The van der Waals surface area contributed by atoms with Crippen LogP contribution in [-0.4, -0.2) is 21.8 Å². The Morgan fingerprint density at radius 3 is 1.21 bits per heavy atom. The molecule has 0 spiro atoms. The number of allylic oxidation sites excluding steroid dienone is 2. The summed E-state index contributed by atoms with van der Waals surface area (Å²) in [6.45, 7) is 0. The summed E-state index contributed by atoms with van der Waals surface area (Å²) in [5, 5.41) is 22.3. The fraction of sp³-hybridized carbons (Fsp3) is 0.0833. The number of phenols is 2. The van der Waals surface area contributed by atoms with E-state index >= 15 is 0 Å². The Morgan fingerprint density at radius 1 is 0.571 bits per heavy atom. The lowest BCUT2D eigenvalue weighted by atomic mass is 9.59. The third kappa shape index (κ3) is 1.62. The minimum absolute atomic E-state index is 0.0914. The van der Waals surface area contributed by atoms with E-state index in [1.54, 1.807) is 0 Å². The molecule has 7 rings (SSSR count). The summed E-state index contributed by atoms with van der Waals surface area (Å²) in [5.41, 5.74) is 5.11. The van der Waals surface area contributed by atoms with Crippen LogP contribution in [-0.2, 0) is 0 Å². The summed E-state index contributed by atoms with van der Waals surface area (Å²) < 4.78 is 0. The lowest BCUT2D eigenvalue weighted by Gasteiger charge is -2.43. The molecule has 3 aromatic carbocycles. The van der Waals surface area contributed by atoms with Gasteiger partial charge in [0.25, 0.3) is 0 Å². The number of fused-ring (bicyclic) bond motifs is 1. The van der Waals surface area contributed by atoms with Gasteiger partial charge in [-0.3, -0.25) is 9.59 Å². The van der Waals surface area contributed by atoms with E-state index < -0.39 is 11.6 Å². The minimum Gasteiger partial charge on any atom is -0.507 e. The fourth-order valence-corrected chi connectivity index (χ4v) is 5.17. The van der Waals surface area contributed by atoms with Gasteiger partial charge in [0.2, 0.25) is 0 Å². The molecule has 0 radical (unpaired) electrons. The van der Waals surface area contributed by atoms with Crippen molar-refractivity contribution in [2.45, 2.75) is 11.8 Å². The average molecular weight is 366 g/mol. The normalized spacial score (nSPS) is 20.4. The number of phenolic OH excluding ortho intramolecular Hbond substituents is 2. The third-order valence-corrected chi connectivity index (χ3v) is 6.22. The van der Waals surface area contributed by atoms with E-state index in [4.69, 9.17) is 0 Å². The molecular formula is C24H14O4. The monoisotopic (exact) mass is 366 g/mol. The van der Waals surface area contributed by atoms with E-state index in [0.717, 1.165) is 34.4 Å². The maximum absolute atomic E-state index is 12.5. The quantitative estimate of drug-likeness (QED) is 0.406. The van der Waals surface area contributed by atoms with Gasteiger partial charge >= 0.3 is 0 Å². The molecule has 4 aliphatic rings. The first-order valence-corrected chi connectivity index (χ1v) is 9.15. The van der Waals surface area contributed by atoms with Crippen LogP contribution in [0.15, 0.2) is 60.7 Å². The highest BCUT2D eigenvalue weighted by molar-refractivity contribution is 6.24. The zero-order chi connectivity index (χ0) is 19.2. The van der Waals surface area contributed by atoms with Crippen molar-refractivity contribution in [3.05, 3.63) is 105 Å². The predicted molar refractivity (Wildman–Crippen MR) is 102 cm³/mol. The average Bonchev–Trinajstić information content (AvgIpc) is 2.73. The zero-order valence-electron chi connectivity index (χ0n) is 14.6. The molecule has 0 aromatic heterocycles. The summed E-state index contributed by atoms with van der Waals surface area (Å²) in [5.74, 6) is -1.90. The molecule has 0 atom stereocenters. The first-order valence-electron chi connectivity index (χ1n) is 9.15. The zero-order valence-corrected chi connectivity index (χ0v) is 14.6. The highest BCUT2D eigenvalue weighted by Crippen LogP contribution is 2.61. The molecular weight excluding hydrogens is 352 g/mol. The van der Waals surface area contributed by atoms with Crippen molar-refractivity contribution < 1.29 is 19.8 Å². The third-order valence-electron chi connectivity index (χ3n) is 6.22. The van der Waals surface area contributed by atoms with Crippen LogP contribution in [0.1, 0.15) is 65.9 Å². The van der Waals surface area contributed by atoms with E-state index in [2.05, 4.69) is 0 Å². The van der Waals surface area contributed by atoms with Gasteiger partial charge in [0.05, 0.1) is 11.1 Å². The predicted octanol–water partition coefficient (Wildman–Crippen LogP) is 4.02. The number of carbonyl (C=O) groups excluding carboxylic acids is 2. The maximum atomic E-state index is 12.5. The lowest BCUT2D eigenvalue weighted by molar-refractivity contribution is 0.0988. The highest BCUT2D eigenvalue weighted by Gasteiger charge is 2.47. The molecule has 0 heterocycles. The molecule has 3 aromatic rings. The van der Waals surface area contributed by atoms with Crippen LogP contribution in [0.4, 0.5) is 0 Å². The van der Waals surface area contributed by atoms with E-state index in [1.165, 1.54) is 0 Å². The molecule has 0 unspecified atom stereocenters. The SMILES string of the molecule is O=C1C=CC(=O)c2c(O)c3c(c(O)c21)C1c2ccccc2C3c2ccccc21. The Morgan fingerprint density at radius 2 is 0.893 bits per heavy atom. The van der Waals surface area contributed by atoms with Crippen LogP contribution < -0.4 is 0 Å². The van der Waals surface area contributed by atoms with Crippen LogP contribution in [0.2, 0.25) is 0 Å². The standard InChI is InChI=1S/C24H14O4/c25-15-9-10-16(26)20-19(15)23(27)21-17-11-5-1-2-6-12(11)18(22(21)24(20)28)14-8-4-3-7-13(14)17/h1-10,17-18,27-28H. The second kappa shape index (κ2) is 4.98. The van der Waals surface area contributed by atoms with Crippen LogP contribution in [0, 0.1) is 0 Å². The molecule has 4 heteroatoms. The maximum Gasteiger partial charge on any atom is 0.190 e. The first-order chi connectivity index (χ1) is 13.6. The Balaban J connectivity index is 1.80. The summed E-state index contributed by atoms with van der Waals surface area (Å²) in [4.78, 5) is 25.0. The van der Waals surface area contributed by atoms with Gasteiger partial charge in [0.1, 0.15) is 11.5 Å². The number of hydrogen-bond donors (Lipinski definition) is 2. The second-order valence-electron chi connectivity index (χ2n) is 7.46. The van der Waals surface area contributed by atoms with Gasteiger partial charge in [-0.2, -0.15) is 0 Å². The molecule has 28 heavy (non-hydrogen) atoms. The molecule has 0 saturated heterocycles. The van der Waals surface area contributed by atoms with Crippen molar-refractivity contribution >= 4 is 11.6 Å². The fourth-order valence-electron chi connectivity index (χ4n) is 5.17. The molecule has 4 aliphatic carbocycles. The summed E-state index contributed by atoms with van der Waals surface area (Å²) in [7, 11) is 0. The Labute approximate surface area is 160 Å². The van der Waals surface area contributed by atoms with Crippen LogP contribution in [0.3, 0.4) is 0 Å². The van der Waals surface area contributed by atoms with Crippen molar-refractivity contribution in [3.63, 3.8) is 0 Å². The van der Waals surface area contributed by atoms with Crippen molar-refractivity contribution in [2.24, 2.45) is 0 Å². The molecule has 4 nitrogen and oxygen atoms in total. The number of aromatic hydroxyl groups is 2. The lowest BCUT2D eigenvalue weighted by Crippen LogP contribution is -2.29. The van der Waals surface area contributed by atoms with Crippen LogP contribution >= 0.6 is 0 Å². The van der Waals surface area contributed by atoms with Gasteiger partial charge in [-0.05, 0) is 34.4 Å². The summed E-state index contributed by atoms with van der Waals surface area (Å²) in [6, 6.07) is 15.9. The van der Waals surface area contributed by atoms with Crippen LogP contribution in [0.5, 0.6) is 11.5 Å². The Kier molecular flexibility index (Phi) is 2.74. The molecule has 0 aliphatic heterocycles. The number of rotatable bonds is 0. The van der Waals surface area contributed by atoms with Gasteiger partial charge in [-0.15, -0.1) is 0 Å². The highest BCUT2D eigenvalue weighted by atomic mass is 16.3. The van der Waals surface area contributed by atoms with E-state index in [-0.39, 0.29) is 34.5 Å². The second-order valence-corrected chi connectivity index (χ2v) is 7.46. The Bertz CT molecular complexity index is 1140. The summed E-state index contributed by atoms with van der Waals surface area (Å²) in [6.07, 6.45) is 2.30. The van der Waals surface area contributed by atoms with Gasteiger partial charge < -0.3 is 10.2 Å². The van der Waals surface area contributed by atoms with Gasteiger partial charge in [0.15, 0.2) is 11.6 Å². The molecule has 2 N–H and O–H groups in total. The molecule has 134 valence electrons. The Hall–Kier alpha value is -3.66.